The van der Waals surface area contributed by atoms with Crippen LogP contribution in [0.1, 0.15) is 45.6 Å². The number of benzene rings is 1. The van der Waals surface area contributed by atoms with Crippen LogP contribution in [0.5, 0.6) is 0 Å². The van der Waals surface area contributed by atoms with Crippen molar-refractivity contribution in [1.82, 2.24) is 0 Å². The van der Waals surface area contributed by atoms with Crippen molar-refractivity contribution in [2.45, 2.75) is 40.0 Å². The summed E-state index contributed by atoms with van der Waals surface area (Å²) in [7, 11) is 0. The molecule has 0 amide bonds. The highest BCUT2D eigenvalue weighted by Gasteiger charge is 2.14. The maximum atomic E-state index is 8.77. The van der Waals surface area contributed by atoms with Crippen molar-refractivity contribution in [3.05, 3.63) is 47.5 Å². The van der Waals surface area contributed by atoms with E-state index in [1.807, 2.05) is 30.3 Å². The summed E-state index contributed by atoms with van der Waals surface area (Å²) in [6, 6.07) is 10.1. The molecular formula is C18H24O. The molecule has 0 aliphatic rings. The molecule has 0 aromatic heterocycles. The number of aliphatic hydroxyl groups is 1. The summed E-state index contributed by atoms with van der Waals surface area (Å²) in [5.41, 5.74) is 2.40. The Hall–Kier alpha value is -1.52. The molecule has 0 saturated heterocycles. The normalized spacial score (nSPS) is 11.9. The van der Waals surface area contributed by atoms with Gasteiger partial charge in [-0.15, -0.1) is 0 Å². The molecule has 1 nitrogen and oxygen atoms in total. The van der Waals surface area contributed by atoms with Crippen molar-refractivity contribution >= 4 is 0 Å². The SMILES string of the molecule is C/C(=C/CCCO)CC(C)(C)C#Cc1ccccc1. The van der Waals surface area contributed by atoms with Crippen LogP contribution >= 0.6 is 0 Å². The molecule has 0 aliphatic heterocycles. The lowest BCUT2D eigenvalue weighted by Gasteiger charge is -2.17. The molecule has 0 fully saturated rings. The Labute approximate surface area is 117 Å². The van der Waals surface area contributed by atoms with E-state index in [2.05, 4.69) is 38.7 Å². The van der Waals surface area contributed by atoms with Gasteiger partial charge in [-0.1, -0.05) is 41.7 Å². The zero-order valence-corrected chi connectivity index (χ0v) is 12.2. The van der Waals surface area contributed by atoms with Crippen LogP contribution in [0.2, 0.25) is 0 Å². The highest BCUT2D eigenvalue weighted by molar-refractivity contribution is 5.35. The predicted octanol–water partition coefficient (Wildman–Crippen LogP) is 4.17. The van der Waals surface area contributed by atoms with Crippen LogP contribution < -0.4 is 0 Å². The Bertz CT molecular complexity index is 457. The molecule has 0 radical (unpaired) electrons. The van der Waals surface area contributed by atoms with Crippen LogP contribution in [0, 0.1) is 17.3 Å². The van der Waals surface area contributed by atoms with Gasteiger partial charge in [-0.25, -0.2) is 0 Å². The zero-order chi connectivity index (χ0) is 14.1. The fourth-order valence-corrected chi connectivity index (χ4v) is 2.02. The van der Waals surface area contributed by atoms with E-state index in [0.717, 1.165) is 24.8 Å². The van der Waals surface area contributed by atoms with Gasteiger partial charge in [0.05, 0.1) is 0 Å². The van der Waals surface area contributed by atoms with Crippen molar-refractivity contribution < 1.29 is 5.11 Å². The molecule has 19 heavy (non-hydrogen) atoms. The van der Waals surface area contributed by atoms with E-state index >= 15 is 0 Å². The number of hydrogen-bond acceptors (Lipinski definition) is 1. The quantitative estimate of drug-likeness (QED) is 0.476. The maximum Gasteiger partial charge on any atom is 0.0433 e. The third-order valence-corrected chi connectivity index (χ3v) is 2.89. The minimum absolute atomic E-state index is 0.0182. The monoisotopic (exact) mass is 256 g/mol. The van der Waals surface area contributed by atoms with E-state index in [4.69, 9.17) is 5.11 Å². The number of rotatable bonds is 5. The highest BCUT2D eigenvalue weighted by atomic mass is 16.2. The van der Waals surface area contributed by atoms with Crippen molar-refractivity contribution in [2.75, 3.05) is 6.61 Å². The highest BCUT2D eigenvalue weighted by Crippen LogP contribution is 2.24. The molecular weight excluding hydrogens is 232 g/mol. The molecule has 1 heteroatoms. The third kappa shape index (κ3) is 6.84. The third-order valence-electron chi connectivity index (χ3n) is 2.89. The second kappa shape index (κ2) is 7.81. The first-order valence-corrected chi connectivity index (χ1v) is 6.88. The number of unbranched alkanes of at least 4 members (excludes halogenated alkanes) is 1. The zero-order valence-electron chi connectivity index (χ0n) is 12.2. The Morgan fingerprint density at radius 3 is 2.58 bits per heavy atom. The first-order valence-electron chi connectivity index (χ1n) is 6.88. The molecule has 1 N–H and O–H groups in total. The second-order valence-corrected chi connectivity index (χ2v) is 5.59. The lowest BCUT2D eigenvalue weighted by molar-refractivity contribution is 0.289. The smallest absolute Gasteiger partial charge is 0.0433 e. The molecule has 0 saturated carbocycles. The summed E-state index contributed by atoms with van der Waals surface area (Å²) in [5.74, 6) is 6.60. The summed E-state index contributed by atoms with van der Waals surface area (Å²) >= 11 is 0. The van der Waals surface area contributed by atoms with Gasteiger partial charge in [0.2, 0.25) is 0 Å². The standard InChI is InChI=1S/C18H24O/c1-16(9-7-8-14-19)15-18(2,3)13-12-17-10-5-4-6-11-17/h4-6,9-11,19H,7-8,14-15H2,1-3H3/b16-9-. The second-order valence-electron chi connectivity index (χ2n) is 5.59. The van der Waals surface area contributed by atoms with Crippen LogP contribution in [-0.4, -0.2) is 11.7 Å². The van der Waals surface area contributed by atoms with Crippen molar-refractivity contribution in [1.29, 1.82) is 0 Å². The summed E-state index contributed by atoms with van der Waals surface area (Å²) in [6.45, 7) is 6.75. The average molecular weight is 256 g/mol. The van der Waals surface area contributed by atoms with Gasteiger partial charge in [0.1, 0.15) is 0 Å². The van der Waals surface area contributed by atoms with Crippen LogP contribution in [0.4, 0.5) is 0 Å². The van der Waals surface area contributed by atoms with Gasteiger partial charge in [-0.05, 0) is 52.2 Å². The minimum atomic E-state index is -0.0182. The lowest BCUT2D eigenvalue weighted by Crippen LogP contribution is -2.08. The summed E-state index contributed by atoms with van der Waals surface area (Å²) in [5, 5.41) is 8.77. The van der Waals surface area contributed by atoms with E-state index in [1.165, 1.54) is 5.57 Å². The van der Waals surface area contributed by atoms with E-state index in [-0.39, 0.29) is 12.0 Å². The Morgan fingerprint density at radius 1 is 1.26 bits per heavy atom. The molecule has 0 unspecified atom stereocenters. The van der Waals surface area contributed by atoms with Crippen LogP contribution in [0.15, 0.2) is 42.0 Å². The molecule has 0 bridgehead atoms. The van der Waals surface area contributed by atoms with Gasteiger partial charge in [0.25, 0.3) is 0 Å². The van der Waals surface area contributed by atoms with Gasteiger partial charge in [-0.3, -0.25) is 0 Å². The summed E-state index contributed by atoms with van der Waals surface area (Å²) in [6.07, 6.45) is 4.97. The minimum Gasteiger partial charge on any atom is -0.396 e. The number of aliphatic hydroxyl groups excluding tert-OH is 1. The molecule has 0 aliphatic carbocycles. The number of hydrogen-bond donors (Lipinski definition) is 1. The van der Waals surface area contributed by atoms with E-state index in [1.54, 1.807) is 0 Å². The van der Waals surface area contributed by atoms with Gasteiger partial charge < -0.3 is 5.11 Å². The Kier molecular flexibility index (Phi) is 6.39. The van der Waals surface area contributed by atoms with E-state index in [9.17, 15) is 0 Å². The fourth-order valence-electron chi connectivity index (χ4n) is 2.02. The molecule has 1 rings (SSSR count). The molecule has 1 aromatic rings. The average Bonchev–Trinajstić information content (AvgIpc) is 2.37. The van der Waals surface area contributed by atoms with Gasteiger partial charge in [-0.2, -0.15) is 0 Å². The summed E-state index contributed by atoms with van der Waals surface area (Å²) in [4.78, 5) is 0. The molecule has 1 aromatic carbocycles. The first-order chi connectivity index (χ1) is 9.03. The lowest BCUT2D eigenvalue weighted by atomic mass is 9.86. The topological polar surface area (TPSA) is 20.2 Å². The Balaban J connectivity index is 2.61. The first kappa shape index (κ1) is 15.5. The molecule has 0 atom stereocenters. The van der Waals surface area contributed by atoms with E-state index in [0.29, 0.717) is 0 Å². The fraction of sp³-hybridized carbons (Fsp3) is 0.444. The Morgan fingerprint density at radius 2 is 1.95 bits per heavy atom. The number of allylic oxidation sites excluding steroid dienone is 2. The van der Waals surface area contributed by atoms with Crippen molar-refractivity contribution in [2.24, 2.45) is 5.41 Å². The summed E-state index contributed by atoms with van der Waals surface area (Å²) < 4.78 is 0. The van der Waals surface area contributed by atoms with Crippen LogP contribution in [0.3, 0.4) is 0 Å². The van der Waals surface area contributed by atoms with Crippen molar-refractivity contribution in [3.63, 3.8) is 0 Å². The van der Waals surface area contributed by atoms with Crippen LogP contribution in [0.25, 0.3) is 0 Å². The van der Waals surface area contributed by atoms with E-state index < -0.39 is 0 Å². The van der Waals surface area contributed by atoms with Crippen molar-refractivity contribution in [3.8, 4) is 11.8 Å². The maximum absolute atomic E-state index is 8.77. The molecule has 102 valence electrons. The van der Waals surface area contributed by atoms with Gasteiger partial charge in [0, 0.05) is 17.6 Å². The van der Waals surface area contributed by atoms with Gasteiger partial charge >= 0.3 is 0 Å². The van der Waals surface area contributed by atoms with Crippen LogP contribution in [-0.2, 0) is 0 Å². The molecule has 0 heterocycles. The molecule has 0 spiro atoms. The van der Waals surface area contributed by atoms with Gasteiger partial charge in [0.15, 0.2) is 0 Å². The predicted molar refractivity (Wildman–Crippen MR) is 81.8 cm³/mol. The largest absolute Gasteiger partial charge is 0.396 e.